The molecule has 1 aromatic carbocycles. The van der Waals surface area contributed by atoms with Crippen molar-refractivity contribution in [3.63, 3.8) is 0 Å². The molecule has 1 saturated heterocycles. The predicted molar refractivity (Wildman–Crippen MR) is 99.7 cm³/mol. The average Bonchev–Trinajstić information content (AvgIpc) is 3.17. The summed E-state index contributed by atoms with van der Waals surface area (Å²) in [6.07, 6.45) is 1.70. The van der Waals surface area contributed by atoms with Crippen molar-refractivity contribution < 1.29 is 12.8 Å². The van der Waals surface area contributed by atoms with Crippen LogP contribution in [0, 0.1) is 19.7 Å². The SMILES string of the molecule is Cc1csc2c(C3CCCN(S(=O)(=O)c4ccc(F)cc4)C3)nc(C)n12. The van der Waals surface area contributed by atoms with Gasteiger partial charge in [0.1, 0.15) is 16.5 Å². The molecule has 3 heterocycles. The Morgan fingerprint density at radius 3 is 2.69 bits per heavy atom. The van der Waals surface area contributed by atoms with Crippen LogP contribution in [-0.2, 0) is 10.0 Å². The van der Waals surface area contributed by atoms with Gasteiger partial charge in [0.25, 0.3) is 0 Å². The highest BCUT2D eigenvalue weighted by Gasteiger charge is 2.33. The van der Waals surface area contributed by atoms with Crippen molar-refractivity contribution in [1.82, 2.24) is 13.7 Å². The Labute approximate surface area is 156 Å². The average molecular weight is 394 g/mol. The number of sulfonamides is 1. The lowest BCUT2D eigenvalue weighted by Gasteiger charge is -2.31. The van der Waals surface area contributed by atoms with Crippen molar-refractivity contribution in [2.75, 3.05) is 13.1 Å². The molecule has 1 unspecified atom stereocenters. The zero-order chi connectivity index (χ0) is 18.5. The van der Waals surface area contributed by atoms with Crippen LogP contribution in [0.2, 0.25) is 0 Å². The third kappa shape index (κ3) is 2.86. The van der Waals surface area contributed by atoms with E-state index in [4.69, 9.17) is 4.98 Å². The topological polar surface area (TPSA) is 54.7 Å². The molecule has 0 bridgehead atoms. The number of aromatic nitrogens is 2. The number of hydrogen-bond acceptors (Lipinski definition) is 4. The summed E-state index contributed by atoms with van der Waals surface area (Å²) in [4.78, 5) is 5.98. The van der Waals surface area contributed by atoms with Crippen LogP contribution in [0.1, 0.15) is 36.0 Å². The Morgan fingerprint density at radius 2 is 1.96 bits per heavy atom. The van der Waals surface area contributed by atoms with E-state index >= 15 is 0 Å². The van der Waals surface area contributed by atoms with Crippen LogP contribution in [0.25, 0.3) is 4.83 Å². The van der Waals surface area contributed by atoms with Crippen LogP contribution < -0.4 is 0 Å². The van der Waals surface area contributed by atoms with Gasteiger partial charge in [-0.15, -0.1) is 11.3 Å². The molecule has 4 rings (SSSR count). The van der Waals surface area contributed by atoms with Gasteiger partial charge in [-0.1, -0.05) is 0 Å². The van der Waals surface area contributed by atoms with Gasteiger partial charge < -0.3 is 0 Å². The van der Waals surface area contributed by atoms with E-state index in [2.05, 4.69) is 9.78 Å². The highest BCUT2D eigenvalue weighted by molar-refractivity contribution is 7.89. The van der Waals surface area contributed by atoms with Gasteiger partial charge in [0.15, 0.2) is 0 Å². The summed E-state index contributed by atoms with van der Waals surface area (Å²) in [5.74, 6) is 0.567. The number of fused-ring (bicyclic) bond motifs is 1. The summed E-state index contributed by atoms with van der Waals surface area (Å²) >= 11 is 1.65. The van der Waals surface area contributed by atoms with Crippen LogP contribution >= 0.6 is 11.3 Å². The van der Waals surface area contributed by atoms with Gasteiger partial charge in [0, 0.05) is 30.1 Å². The third-order valence-electron chi connectivity index (χ3n) is 4.94. The van der Waals surface area contributed by atoms with Gasteiger partial charge in [-0.05, 0) is 51.0 Å². The first kappa shape index (κ1) is 17.6. The molecule has 0 saturated carbocycles. The van der Waals surface area contributed by atoms with Crippen LogP contribution in [0.3, 0.4) is 0 Å². The molecule has 0 radical (unpaired) electrons. The second-order valence-electron chi connectivity index (χ2n) is 6.72. The second kappa shape index (κ2) is 6.44. The molecular formula is C18H20FN3O2S2. The normalized spacial score (nSPS) is 19.3. The van der Waals surface area contributed by atoms with E-state index in [1.165, 1.54) is 28.6 Å². The maximum Gasteiger partial charge on any atom is 0.243 e. The minimum atomic E-state index is -3.63. The minimum Gasteiger partial charge on any atom is -0.292 e. The molecule has 0 amide bonds. The molecule has 0 N–H and O–H groups in total. The van der Waals surface area contributed by atoms with E-state index in [1.54, 1.807) is 11.3 Å². The molecule has 138 valence electrons. The highest BCUT2D eigenvalue weighted by atomic mass is 32.2. The van der Waals surface area contributed by atoms with Crippen LogP contribution in [0.5, 0.6) is 0 Å². The lowest BCUT2D eigenvalue weighted by atomic mass is 9.97. The summed E-state index contributed by atoms with van der Waals surface area (Å²) < 4.78 is 42.6. The van der Waals surface area contributed by atoms with E-state index in [0.29, 0.717) is 13.1 Å². The van der Waals surface area contributed by atoms with Gasteiger partial charge in [-0.25, -0.2) is 17.8 Å². The first-order valence-electron chi connectivity index (χ1n) is 8.56. The highest BCUT2D eigenvalue weighted by Crippen LogP contribution is 2.34. The summed E-state index contributed by atoms with van der Waals surface area (Å²) in [6, 6.07) is 5.03. The summed E-state index contributed by atoms with van der Waals surface area (Å²) in [7, 11) is -3.63. The Bertz CT molecular complexity index is 1050. The fraction of sp³-hybridized carbons (Fsp3) is 0.389. The number of rotatable bonds is 3. The maximum absolute atomic E-state index is 13.1. The lowest BCUT2D eigenvalue weighted by Crippen LogP contribution is -2.39. The van der Waals surface area contributed by atoms with Gasteiger partial charge in [-0.2, -0.15) is 4.31 Å². The van der Waals surface area contributed by atoms with Crippen molar-refractivity contribution in [2.24, 2.45) is 0 Å². The fourth-order valence-electron chi connectivity index (χ4n) is 3.66. The number of aryl methyl sites for hydroxylation is 2. The number of imidazole rings is 1. The van der Waals surface area contributed by atoms with Crippen molar-refractivity contribution in [2.45, 2.75) is 37.5 Å². The van der Waals surface area contributed by atoms with Gasteiger partial charge in [-0.3, -0.25) is 4.40 Å². The molecule has 0 spiro atoms. The number of hydrogen-bond donors (Lipinski definition) is 0. The zero-order valence-electron chi connectivity index (χ0n) is 14.6. The van der Waals surface area contributed by atoms with Crippen molar-refractivity contribution in [3.05, 3.63) is 52.7 Å². The molecule has 2 aromatic heterocycles. The third-order valence-corrected chi connectivity index (χ3v) is 7.90. The first-order chi connectivity index (χ1) is 12.4. The van der Waals surface area contributed by atoms with E-state index in [0.717, 1.165) is 34.9 Å². The standard InChI is InChI=1S/C18H20FN3O2S2/c1-12-11-25-18-17(20-13(2)22(12)18)14-4-3-9-21(10-14)26(23,24)16-7-5-15(19)6-8-16/h5-8,11,14H,3-4,9-10H2,1-2H3. The summed E-state index contributed by atoms with van der Waals surface area (Å²) in [5.41, 5.74) is 2.13. The minimum absolute atomic E-state index is 0.0701. The zero-order valence-corrected chi connectivity index (χ0v) is 16.3. The van der Waals surface area contributed by atoms with E-state index in [1.807, 2.05) is 13.8 Å². The molecule has 26 heavy (non-hydrogen) atoms. The number of thiazole rings is 1. The van der Waals surface area contributed by atoms with Crippen LogP contribution in [0.4, 0.5) is 4.39 Å². The molecule has 8 heteroatoms. The monoisotopic (exact) mass is 393 g/mol. The number of nitrogens with zero attached hydrogens (tertiary/aromatic N) is 3. The smallest absolute Gasteiger partial charge is 0.243 e. The van der Waals surface area contributed by atoms with Crippen LogP contribution in [0.15, 0.2) is 34.5 Å². The Hall–Kier alpha value is -1.77. The Balaban J connectivity index is 1.66. The number of piperidine rings is 1. The molecule has 0 aliphatic carbocycles. The van der Waals surface area contributed by atoms with Gasteiger partial charge in [0.05, 0.1) is 10.6 Å². The largest absolute Gasteiger partial charge is 0.292 e. The molecule has 3 aromatic rings. The molecule has 1 atom stereocenters. The molecule has 1 fully saturated rings. The predicted octanol–water partition coefficient (Wildman–Crippen LogP) is 3.72. The van der Waals surface area contributed by atoms with Crippen molar-refractivity contribution in [3.8, 4) is 0 Å². The van der Waals surface area contributed by atoms with Crippen molar-refractivity contribution in [1.29, 1.82) is 0 Å². The Morgan fingerprint density at radius 1 is 1.23 bits per heavy atom. The van der Waals surface area contributed by atoms with E-state index in [-0.39, 0.29) is 10.8 Å². The number of halogens is 1. The van der Waals surface area contributed by atoms with Crippen molar-refractivity contribution >= 4 is 26.2 Å². The van der Waals surface area contributed by atoms with E-state index < -0.39 is 15.8 Å². The summed E-state index contributed by atoms with van der Waals surface area (Å²) in [6.45, 7) is 4.92. The van der Waals surface area contributed by atoms with Gasteiger partial charge in [0.2, 0.25) is 10.0 Å². The molecular weight excluding hydrogens is 373 g/mol. The summed E-state index contributed by atoms with van der Waals surface area (Å²) in [5, 5.41) is 2.10. The quantitative estimate of drug-likeness (QED) is 0.681. The van der Waals surface area contributed by atoms with Gasteiger partial charge >= 0.3 is 0 Å². The fourth-order valence-corrected chi connectivity index (χ4v) is 6.29. The molecule has 1 aliphatic heterocycles. The molecule has 1 aliphatic rings. The second-order valence-corrected chi connectivity index (χ2v) is 9.51. The van der Waals surface area contributed by atoms with Crippen LogP contribution in [-0.4, -0.2) is 35.2 Å². The van der Waals surface area contributed by atoms with E-state index in [9.17, 15) is 12.8 Å². The first-order valence-corrected chi connectivity index (χ1v) is 10.9. The lowest BCUT2D eigenvalue weighted by molar-refractivity contribution is 0.314. The molecule has 5 nitrogen and oxygen atoms in total. The Kier molecular flexibility index (Phi) is 4.37. The maximum atomic E-state index is 13.1. The number of benzene rings is 1.